The number of amides is 4. The lowest BCUT2D eigenvalue weighted by Gasteiger charge is -2.37. The summed E-state index contributed by atoms with van der Waals surface area (Å²) in [6.45, 7) is 0. The molecule has 0 spiro atoms. The zero-order valence-corrected chi connectivity index (χ0v) is 13.9. The van der Waals surface area contributed by atoms with Crippen LogP contribution < -0.4 is 10.2 Å². The molecule has 4 rings (SSSR count). The Morgan fingerprint density at radius 2 is 1.84 bits per heavy atom. The monoisotopic (exact) mass is 341 g/mol. The molecule has 1 saturated heterocycles. The van der Waals surface area contributed by atoms with Crippen molar-refractivity contribution >= 4 is 29.3 Å². The molecule has 2 aliphatic heterocycles. The maximum atomic E-state index is 13.0. The summed E-state index contributed by atoms with van der Waals surface area (Å²) in [5.74, 6) is -1.86. The van der Waals surface area contributed by atoms with Crippen molar-refractivity contribution in [2.45, 2.75) is 44.2 Å². The molecule has 1 atom stereocenters. The van der Waals surface area contributed by atoms with Crippen LogP contribution in [0.5, 0.6) is 0 Å². The quantitative estimate of drug-likeness (QED) is 0.831. The highest BCUT2D eigenvalue weighted by Crippen LogP contribution is 2.36. The van der Waals surface area contributed by atoms with Crippen LogP contribution in [0, 0.1) is 0 Å². The summed E-state index contributed by atoms with van der Waals surface area (Å²) in [6.07, 6.45) is 3.60. The van der Waals surface area contributed by atoms with Gasteiger partial charge in [0.05, 0.1) is 16.8 Å². The molecule has 1 saturated carbocycles. The van der Waals surface area contributed by atoms with Gasteiger partial charge in [-0.25, -0.2) is 0 Å². The van der Waals surface area contributed by atoms with E-state index >= 15 is 0 Å². The highest BCUT2D eigenvalue weighted by Gasteiger charge is 2.46. The number of carbonyl (C=O) groups is 4. The topological polar surface area (TPSA) is 86.8 Å². The van der Waals surface area contributed by atoms with Crippen LogP contribution in [0.2, 0.25) is 0 Å². The lowest BCUT2D eigenvalue weighted by molar-refractivity contribution is -0.136. The largest absolute Gasteiger partial charge is 0.371 e. The Morgan fingerprint density at radius 3 is 2.48 bits per heavy atom. The third-order valence-electron chi connectivity index (χ3n) is 5.45. The van der Waals surface area contributed by atoms with E-state index in [1.54, 1.807) is 12.1 Å². The summed E-state index contributed by atoms with van der Waals surface area (Å²) in [7, 11) is 1.94. The fourth-order valence-corrected chi connectivity index (χ4v) is 3.76. The Morgan fingerprint density at radius 1 is 1.08 bits per heavy atom. The van der Waals surface area contributed by atoms with Crippen molar-refractivity contribution in [1.29, 1.82) is 0 Å². The van der Waals surface area contributed by atoms with Crippen molar-refractivity contribution < 1.29 is 19.2 Å². The summed E-state index contributed by atoms with van der Waals surface area (Å²) >= 11 is 0. The number of hydrogen-bond acceptors (Lipinski definition) is 5. The molecule has 130 valence electrons. The molecule has 0 bridgehead atoms. The smallest absolute Gasteiger partial charge is 0.264 e. The summed E-state index contributed by atoms with van der Waals surface area (Å²) in [5, 5.41) is 2.21. The third kappa shape index (κ3) is 2.33. The number of fused-ring (bicyclic) bond motifs is 1. The molecular weight excluding hydrogens is 322 g/mol. The normalized spacial score (nSPS) is 23.4. The number of carbonyl (C=O) groups excluding carboxylic acids is 4. The van der Waals surface area contributed by atoms with Crippen LogP contribution in [0.4, 0.5) is 5.69 Å². The van der Waals surface area contributed by atoms with Gasteiger partial charge >= 0.3 is 0 Å². The first kappa shape index (κ1) is 15.8. The summed E-state index contributed by atoms with van der Waals surface area (Å²) in [6, 6.07) is 4.68. The first-order valence-electron chi connectivity index (χ1n) is 8.56. The van der Waals surface area contributed by atoms with E-state index < -0.39 is 23.8 Å². The van der Waals surface area contributed by atoms with Crippen LogP contribution in [-0.4, -0.2) is 47.7 Å². The highest BCUT2D eigenvalue weighted by atomic mass is 16.2. The zero-order valence-electron chi connectivity index (χ0n) is 13.9. The Labute approximate surface area is 145 Å². The fraction of sp³-hybridized carbons (Fsp3) is 0.444. The number of hydrogen-bond donors (Lipinski definition) is 1. The molecule has 1 aliphatic carbocycles. The molecule has 2 fully saturated rings. The van der Waals surface area contributed by atoms with Crippen LogP contribution in [-0.2, 0) is 9.59 Å². The molecule has 0 radical (unpaired) electrons. The molecule has 4 amide bonds. The minimum absolute atomic E-state index is 0.124. The number of imide groups is 2. The Hall–Kier alpha value is -2.70. The molecule has 3 aliphatic rings. The van der Waals surface area contributed by atoms with Crippen LogP contribution in [0.25, 0.3) is 0 Å². The maximum Gasteiger partial charge on any atom is 0.264 e. The molecule has 25 heavy (non-hydrogen) atoms. The molecule has 0 aromatic heterocycles. The van der Waals surface area contributed by atoms with E-state index in [1.807, 2.05) is 13.1 Å². The van der Waals surface area contributed by atoms with E-state index in [2.05, 4.69) is 10.2 Å². The lowest BCUT2D eigenvalue weighted by Crippen LogP contribution is -2.54. The first-order valence-corrected chi connectivity index (χ1v) is 8.56. The van der Waals surface area contributed by atoms with Crippen LogP contribution in [0.1, 0.15) is 52.8 Å². The Balaban J connectivity index is 1.70. The Kier molecular flexibility index (Phi) is 3.59. The predicted molar refractivity (Wildman–Crippen MR) is 89.2 cm³/mol. The van der Waals surface area contributed by atoms with Gasteiger partial charge in [-0.1, -0.05) is 6.07 Å². The average molecular weight is 341 g/mol. The van der Waals surface area contributed by atoms with Crippen molar-refractivity contribution in [1.82, 2.24) is 10.2 Å². The second-order valence-electron chi connectivity index (χ2n) is 6.84. The minimum Gasteiger partial charge on any atom is -0.371 e. The summed E-state index contributed by atoms with van der Waals surface area (Å²) in [4.78, 5) is 52.3. The average Bonchev–Trinajstić information content (AvgIpc) is 2.78. The number of nitrogens with one attached hydrogen (secondary N) is 1. The molecule has 1 aromatic carbocycles. The van der Waals surface area contributed by atoms with Gasteiger partial charge in [0.2, 0.25) is 11.8 Å². The van der Waals surface area contributed by atoms with E-state index in [-0.39, 0.29) is 18.7 Å². The standard InChI is InChI=1S/C18H19N3O4/c1-20(10-4-2-5-10)12-7-3-6-11-15(12)18(25)21(17(11)24)13-8-9-14(22)19-16(13)23/h3,6-7,10,13H,2,4-5,8-9H2,1H3,(H,19,22,23). The summed E-state index contributed by atoms with van der Waals surface area (Å²) < 4.78 is 0. The van der Waals surface area contributed by atoms with Gasteiger partial charge in [-0.3, -0.25) is 29.4 Å². The van der Waals surface area contributed by atoms with Gasteiger partial charge in [0.1, 0.15) is 6.04 Å². The molecule has 7 heteroatoms. The molecular formula is C18H19N3O4. The number of benzene rings is 1. The molecule has 1 N–H and O–H groups in total. The van der Waals surface area contributed by atoms with E-state index in [1.165, 1.54) is 6.42 Å². The van der Waals surface area contributed by atoms with Crippen molar-refractivity contribution in [3.05, 3.63) is 29.3 Å². The number of nitrogens with zero attached hydrogens (tertiary/aromatic N) is 2. The third-order valence-corrected chi connectivity index (χ3v) is 5.45. The van der Waals surface area contributed by atoms with Gasteiger partial charge in [0.25, 0.3) is 11.8 Å². The first-order chi connectivity index (χ1) is 12.0. The highest BCUT2D eigenvalue weighted by molar-refractivity contribution is 6.25. The molecule has 7 nitrogen and oxygen atoms in total. The maximum absolute atomic E-state index is 13.0. The lowest BCUT2D eigenvalue weighted by atomic mass is 9.91. The van der Waals surface area contributed by atoms with Crippen LogP contribution in [0.3, 0.4) is 0 Å². The van der Waals surface area contributed by atoms with Gasteiger partial charge in [-0.05, 0) is 37.8 Å². The number of anilines is 1. The number of piperidine rings is 1. The van der Waals surface area contributed by atoms with Crippen molar-refractivity contribution in [3.63, 3.8) is 0 Å². The van der Waals surface area contributed by atoms with Crippen LogP contribution in [0.15, 0.2) is 18.2 Å². The second-order valence-corrected chi connectivity index (χ2v) is 6.84. The van der Waals surface area contributed by atoms with Gasteiger partial charge in [-0.2, -0.15) is 0 Å². The van der Waals surface area contributed by atoms with Gasteiger partial charge in [0, 0.05) is 19.5 Å². The predicted octanol–water partition coefficient (Wildman–Crippen LogP) is 1.08. The fourth-order valence-electron chi connectivity index (χ4n) is 3.76. The van der Waals surface area contributed by atoms with E-state index in [4.69, 9.17) is 0 Å². The molecule has 2 heterocycles. The van der Waals surface area contributed by atoms with Gasteiger partial charge in [0.15, 0.2) is 0 Å². The van der Waals surface area contributed by atoms with E-state index in [9.17, 15) is 19.2 Å². The second kappa shape index (κ2) is 5.68. The van der Waals surface area contributed by atoms with Gasteiger partial charge < -0.3 is 4.90 Å². The van der Waals surface area contributed by atoms with E-state index in [0.717, 1.165) is 23.4 Å². The zero-order chi connectivity index (χ0) is 17.7. The summed E-state index contributed by atoms with van der Waals surface area (Å²) in [5.41, 5.74) is 1.43. The minimum atomic E-state index is -0.924. The SMILES string of the molecule is CN(c1cccc2c1C(=O)N(C1CCC(=O)NC1=O)C2=O)C1CCC1. The van der Waals surface area contributed by atoms with Crippen LogP contribution >= 0.6 is 0 Å². The van der Waals surface area contributed by atoms with Crippen molar-refractivity contribution in [3.8, 4) is 0 Å². The number of rotatable bonds is 3. The molecule has 1 unspecified atom stereocenters. The van der Waals surface area contributed by atoms with E-state index in [0.29, 0.717) is 17.2 Å². The molecule has 1 aromatic rings. The van der Waals surface area contributed by atoms with Gasteiger partial charge in [-0.15, -0.1) is 0 Å². The van der Waals surface area contributed by atoms with Crippen molar-refractivity contribution in [2.24, 2.45) is 0 Å². The Bertz CT molecular complexity index is 800. The van der Waals surface area contributed by atoms with Crippen molar-refractivity contribution in [2.75, 3.05) is 11.9 Å².